The van der Waals surface area contributed by atoms with Gasteiger partial charge in [0.15, 0.2) is 0 Å². The Morgan fingerprint density at radius 3 is 3.00 bits per heavy atom. The summed E-state index contributed by atoms with van der Waals surface area (Å²) in [6, 6.07) is 11.1. The number of hydrogen-bond acceptors (Lipinski definition) is 5. The van der Waals surface area contributed by atoms with E-state index in [0.29, 0.717) is 11.3 Å². The largest absolute Gasteiger partial charge is 0.465 e. The fraction of sp³-hybridized carbons (Fsp3) is 0.133. The minimum absolute atomic E-state index is 0.351. The maximum Gasteiger partial charge on any atom is 0.337 e. The Balaban J connectivity index is 1.79. The van der Waals surface area contributed by atoms with Crippen LogP contribution in [-0.4, -0.2) is 28.0 Å². The topological polar surface area (TPSA) is 67.9 Å². The van der Waals surface area contributed by atoms with Crippen LogP contribution in [0.25, 0.3) is 11.0 Å². The first-order valence-electron chi connectivity index (χ1n) is 6.37. The third kappa shape index (κ3) is 3.05. The zero-order valence-electron chi connectivity index (χ0n) is 11.4. The van der Waals surface area contributed by atoms with Gasteiger partial charge in [-0.15, -0.1) is 0 Å². The van der Waals surface area contributed by atoms with Crippen molar-refractivity contribution in [3.8, 4) is 0 Å². The minimum atomic E-state index is -0.351. The molecule has 0 unspecified atom stereocenters. The normalized spacial score (nSPS) is 10.7. The molecule has 0 aliphatic rings. The highest BCUT2D eigenvalue weighted by molar-refractivity contribution is 7.98. The molecule has 6 heteroatoms. The van der Waals surface area contributed by atoms with Gasteiger partial charge in [0, 0.05) is 6.20 Å². The summed E-state index contributed by atoms with van der Waals surface area (Å²) in [5.41, 5.74) is 2.17. The molecule has 106 valence electrons. The van der Waals surface area contributed by atoms with Crippen LogP contribution in [0.15, 0.2) is 47.6 Å². The average Bonchev–Trinajstić information content (AvgIpc) is 2.95. The summed E-state index contributed by atoms with van der Waals surface area (Å²) in [5.74, 6) is 1.19. The Labute approximate surface area is 125 Å². The molecule has 2 aromatic heterocycles. The van der Waals surface area contributed by atoms with E-state index >= 15 is 0 Å². The van der Waals surface area contributed by atoms with Gasteiger partial charge in [0.05, 0.1) is 34.5 Å². The van der Waals surface area contributed by atoms with Crippen LogP contribution < -0.4 is 0 Å². The quantitative estimate of drug-likeness (QED) is 0.592. The summed E-state index contributed by atoms with van der Waals surface area (Å²) in [7, 11) is 1.37. The summed E-state index contributed by atoms with van der Waals surface area (Å²) in [6.45, 7) is 0. The smallest absolute Gasteiger partial charge is 0.337 e. The summed E-state index contributed by atoms with van der Waals surface area (Å²) in [5, 5.41) is 0.952. The number of pyridine rings is 1. The second kappa shape index (κ2) is 5.97. The van der Waals surface area contributed by atoms with E-state index in [0.717, 1.165) is 21.9 Å². The van der Waals surface area contributed by atoms with E-state index in [1.165, 1.54) is 7.11 Å². The number of aromatic nitrogens is 3. The molecule has 0 radical (unpaired) electrons. The molecule has 0 saturated heterocycles. The van der Waals surface area contributed by atoms with Crippen LogP contribution in [0.1, 0.15) is 16.2 Å². The lowest BCUT2D eigenvalue weighted by atomic mass is 10.2. The third-order valence-corrected chi connectivity index (χ3v) is 3.90. The van der Waals surface area contributed by atoms with E-state index < -0.39 is 0 Å². The first-order valence-corrected chi connectivity index (χ1v) is 7.35. The van der Waals surface area contributed by atoms with Crippen molar-refractivity contribution in [2.45, 2.75) is 10.8 Å². The summed E-state index contributed by atoms with van der Waals surface area (Å²) in [4.78, 5) is 23.5. The number of hydrogen-bond donors (Lipinski definition) is 1. The van der Waals surface area contributed by atoms with E-state index in [4.69, 9.17) is 4.74 Å². The van der Waals surface area contributed by atoms with Gasteiger partial charge >= 0.3 is 5.97 Å². The Morgan fingerprint density at radius 2 is 2.24 bits per heavy atom. The number of nitrogens with zero attached hydrogens (tertiary/aromatic N) is 2. The summed E-state index contributed by atoms with van der Waals surface area (Å²) >= 11 is 1.61. The van der Waals surface area contributed by atoms with Crippen molar-refractivity contribution < 1.29 is 9.53 Å². The Kier molecular flexibility index (Phi) is 3.87. The number of esters is 1. The zero-order chi connectivity index (χ0) is 14.7. The lowest BCUT2D eigenvalue weighted by Gasteiger charge is -1.97. The maximum atomic E-state index is 11.5. The van der Waals surface area contributed by atoms with Gasteiger partial charge in [0.25, 0.3) is 0 Å². The van der Waals surface area contributed by atoms with Crippen LogP contribution in [0.3, 0.4) is 0 Å². The van der Waals surface area contributed by atoms with Crippen molar-refractivity contribution in [3.63, 3.8) is 0 Å². The minimum Gasteiger partial charge on any atom is -0.465 e. The predicted molar refractivity (Wildman–Crippen MR) is 81.2 cm³/mol. The van der Waals surface area contributed by atoms with Gasteiger partial charge in [-0.25, -0.2) is 14.8 Å². The number of thioether (sulfide) groups is 1. The van der Waals surface area contributed by atoms with Gasteiger partial charge in [-0.2, -0.15) is 0 Å². The number of imidazole rings is 1. The molecule has 5 nitrogen and oxygen atoms in total. The molecule has 0 saturated carbocycles. The van der Waals surface area contributed by atoms with Gasteiger partial charge in [-0.3, -0.25) is 0 Å². The zero-order valence-corrected chi connectivity index (χ0v) is 12.2. The van der Waals surface area contributed by atoms with Gasteiger partial charge in [-0.1, -0.05) is 17.8 Å². The van der Waals surface area contributed by atoms with E-state index in [1.54, 1.807) is 30.1 Å². The molecule has 1 aromatic carbocycles. The van der Waals surface area contributed by atoms with Gasteiger partial charge in [-0.05, 0) is 30.3 Å². The van der Waals surface area contributed by atoms with E-state index in [-0.39, 0.29) is 5.97 Å². The van der Waals surface area contributed by atoms with Crippen LogP contribution >= 0.6 is 11.8 Å². The summed E-state index contributed by atoms with van der Waals surface area (Å²) < 4.78 is 4.71. The number of H-pyrrole nitrogens is 1. The summed E-state index contributed by atoms with van der Waals surface area (Å²) in [6.07, 6.45) is 1.77. The standard InChI is InChI=1S/C15H13N3O2S/c1-20-15(19)10-5-6-11-12(8-10)18-13(17-11)9-21-14-4-2-3-7-16-14/h2-8H,9H2,1H3,(H,17,18). The molecular weight excluding hydrogens is 286 g/mol. The monoisotopic (exact) mass is 299 g/mol. The highest BCUT2D eigenvalue weighted by Gasteiger charge is 2.09. The first-order chi connectivity index (χ1) is 10.3. The molecule has 21 heavy (non-hydrogen) atoms. The third-order valence-electron chi connectivity index (χ3n) is 2.95. The van der Waals surface area contributed by atoms with E-state index in [2.05, 4.69) is 15.0 Å². The average molecular weight is 299 g/mol. The van der Waals surface area contributed by atoms with Crippen molar-refractivity contribution in [1.29, 1.82) is 0 Å². The lowest BCUT2D eigenvalue weighted by Crippen LogP contribution is -2.00. The molecule has 0 aliphatic heterocycles. The van der Waals surface area contributed by atoms with Crippen molar-refractivity contribution in [2.24, 2.45) is 0 Å². The molecular formula is C15H13N3O2S. The Bertz CT molecular complexity index is 771. The predicted octanol–water partition coefficient (Wildman–Crippen LogP) is 3.04. The fourth-order valence-electron chi connectivity index (χ4n) is 1.95. The number of carbonyl (C=O) groups excluding carboxylic acids is 1. The van der Waals surface area contributed by atoms with Crippen LogP contribution in [0.2, 0.25) is 0 Å². The van der Waals surface area contributed by atoms with Gasteiger partial charge < -0.3 is 9.72 Å². The van der Waals surface area contributed by atoms with Gasteiger partial charge in [0.1, 0.15) is 5.82 Å². The van der Waals surface area contributed by atoms with Gasteiger partial charge in [0.2, 0.25) is 0 Å². The lowest BCUT2D eigenvalue weighted by molar-refractivity contribution is 0.0601. The number of fused-ring (bicyclic) bond motifs is 1. The molecule has 1 N–H and O–H groups in total. The molecule has 0 fully saturated rings. The number of benzene rings is 1. The number of nitrogens with one attached hydrogen (secondary N) is 1. The maximum absolute atomic E-state index is 11.5. The molecule has 2 heterocycles. The first kappa shape index (κ1) is 13.6. The van der Waals surface area contributed by atoms with Crippen molar-refractivity contribution in [1.82, 2.24) is 15.0 Å². The van der Waals surface area contributed by atoms with Crippen molar-refractivity contribution in [2.75, 3.05) is 7.11 Å². The number of rotatable bonds is 4. The number of ether oxygens (including phenoxy) is 1. The highest BCUT2D eigenvalue weighted by Crippen LogP contribution is 2.21. The molecule has 0 atom stereocenters. The molecule has 0 spiro atoms. The second-order valence-electron chi connectivity index (χ2n) is 4.36. The Morgan fingerprint density at radius 1 is 1.33 bits per heavy atom. The number of aromatic amines is 1. The van der Waals surface area contributed by atoms with Crippen LogP contribution in [0.4, 0.5) is 0 Å². The fourth-order valence-corrected chi connectivity index (χ4v) is 2.68. The number of carbonyl (C=O) groups is 1. The highest BCUT2D eigenvalue weighted by atomic mass is 32.2. The number of methoxy groups -OCH3 is 1. The molecule has 3 rings (SSSR count). The van der Waals surface area contributed by atoms with Crippen LogP contribution in [0, 0.1) is 0 Å². The molecule has 0 bridgehead atoms. The molecule has 0 amide bonds. The Hall–Kier alpha value is -2.34. The van der Waals surface area contributed by atoms with Crippen LogP contribution in [-0.2, 0) is 10.5 Å². The second-order valence-corrected chi connectivity index (χ2v) is 5.36. The van der Waals surface area contributed by atoms with Crippen molar-refractivity contribution in [3.05, 3.63) is 54.0 Å². The van der Waals surface area contributed by atoms with Crippen molar-refractivity contribution >= 4 is 28.8 Å². The van der Waals surface area contributed by atoms with E-state index in [1.807, 2.05) is 24.3 Å². The van der Waals surface area contributed by atoms with E-state index in [9.17, 15) is 4.79 Å². The SMILES string of the molecule is COC(=O)c1ccc2nc(CSc3ccccn3)[nH]c2c1. The van der Waals surface area contributed by atoms with Crippen LogP contribution in [0.5, 0.6) is 0 Å². The molecule has 3 aromatic rings. The molecule has 0 aliphatic carbocycles.